The second-order valence-electron chi connectivity index (χ2n) is 9.26. The molecule has 0 aliphatic carbocycles. The molecule has 1 fully saturated rings. The Morgan fingerprint density at radius 1 is 1.21 bits per heavy atom. The first-order valence-electron chi connectivity index (χ1n) is 11.4. The average molecular weight is 477 g/mol. The number of benzene rings is 2. The number of alkyl halides is 3. The minimum atomic E-state index is -4.60. The summed E-state index contributed by atoms with van der Waals surface area (Å²) in [4.78, 5) is 28.5. The Hall–Kier alpha value is -3.03. The number of carbonyl (C=O) groups is 2. The van der Waals surface area contributed by atoms with Gasteiger partial charge in [0.05, 0.1) is 23.0 Å². The van der Waals surface area contributed by atoms with Crippen LogP contribution in [0.5, 0.6) is 5.75 Å². The van der Waals surface area contributed by atoms with Crippen molar-refractivity contribution in [1.29, 1.82) is 0 Å². The number of halogens is 3. The summed E-state index contributed by atoms with van der Waals surface area (Å²) in [5.74, 6) is -1.30. The number of nitrogens with zero attached hydrogens (tertiary/aromatic N) is 1. The van der Waals surface area contributed by atoms with E-state index in [0.29, 0.717) is 6.42 Å². The van der Waals surface area contributed by atoms with Crippen LogP contribution < -0.4 is 15.0 Å². The van der Waals surface area contributed by atoms with Gasteiger partial charge in [0.25, 0.3) is 0 Å². The van der Waals surface area contributed by atoms with Crippen molar-refractivity contribution < 1.29 is 27.5 Å². The van der Waals surface area contributed by atoms with Crippen molar-refractivity contribution in [2.45, 2.75) is 60.2 Å². The van der Waals surface area contributed by atoms with Crippen LogP contribution in [0.2, 0.25) is 0 Å². The van der Waals surface area contributed by atoms with Crippen LogP contribution in [-0.4, -0.2) is 24.5 Å². The van der Waals surface area contributed by atoms with Crippen LogP contribution in [0.1, 0.15) is 50.8 Å². The van der Waals surface area contributed by atoms with E-state index < -0.39 is 29.0 Å². The monoisotopic (exact) mass is 476 g/mol. The number of anilines is 2. The van der Waals surface area contributed by atoms with Gasteiger partial charge in [0.2, 0.25) is 11.8 Å². The average Bonchev–Trinajstić information content (AvgIpc) is 2.98. The first-order chi connectivity index (χ1) is 15.8. The fraction of sp³-hybridized carbons (Fsp3) is 0.462. The normalized spacial score (nSPS) is 20.7. The zero-order valence-corrected chi connectivity index (χ0v) is 20.3. The SMILES string of the molecule is CC[C@@]1(C(=O)Nc2cc(OC(C)C)cc(C(F)(F)F)c2)CN(c2c(C)cccc2C)C(=O)[C@H]1C. The molecule has 3 rings (SSSR count). The van der Waals surface area contributed by atoms with E-state index in [0.717, 1.165) is 28.9 Å². The fourth-order valence-corrected chi connectivity index (χ4v) is 4.67. The Bertz CT molecular complexity index is 1080. The Balaban J connectivity index is 1.98. The third-order valence-corrected chi connectivity index (χ3v) is 6.56. The third kappa shape index (κ3) is 4.76. The van der Waals surface area contributed by atoms with Gasteiger partial charge in [0.1, 0.15) is 5.75 Å². The molecule has 0 spiro atoms. The van der Waals surface area contributed by atoms with Crippen molar-refractivity contribution >= 4 is 23.2 Å². The van der Waals surface area contributed by atoms with E-state index in [-0.39, 0.29) is 30.0 Å². The predicted octanol–water partition coefficient (Wildman–Crippen LogP) is 6.13. The number of aryl methyl sites for hydroxylation is 2. The van der Waals surface area contributed by atoms with E-state index in [1.807, 2.05) is 39.0 Å². The number of hydrogen-bond donors (Lipinski definition) is 1. The number of hydrogen-bond acceptors (Lipinski definition) is 3. The van der Waals surface area contributed by atoms with Crippen molar-refractivity contribution in [3.63, 3.8) is 0 Å². The molecule has 1 aliphatic heterocycles. The Morgan fingerprint density at radius 2 is 1.82 bits per heavy atom. The zero-order valence-electron chi connectivity index (χ0n) is 20.3. The number of amides is 2. The summed E-state index contributed by atoms with van der Waals surface area (Å²) in [7, 11) is 0. The Morgan fingerprint density at radius 3 is 2.35 bits per heavy atom. The first kappa shape index (κ1) is 25.6. The maximum absolute atomic E-state index is 13.6. The second kappa shape index (κ2) is 9.31. The summed E-state index contributed by atoms with van der Waals surface area (Å²) in [5.41, 5.74) is 0.573. The summed E-state index contributed by atoms with van der Waals surface area (Å²) >= 11 is 0. The van der Waals surface area contributed by atoms with E-state index >= 15 is 0 Å². The van der Waals surface area contributed by atoms with Gasteiger partial charge in [-0.05, 0) is 57.4 Å². The van der Waals surface area contributed by atoms with Gasteiger partial charge in [0.15, 0.2) is 0 Å². The largest absolute Gasteiger partial charge is 0.491 e. The van der Waals surface area contributed by atoms with Gasteiger partial charge in [-0.15, -0.1) is 0 Å². The van der Waals surface area contributed by atoms with Gasteiger partial charge in [-0.1, -0.05) is 32.0 Å². The molecule has 0 bridgehead atoms. The molecular formula is C26H31F3N2O3. The summed E-state index contributed by atoms with van der Waals surface area (Å²) in [6, 6.07) is 8.90. The minimum Gasteiger partial charge on any atom is -0.491 e. The number of carbonyl (C=O) groups excluding carboxylic acids is 2. The number of para-hydroxylation sites is 1. The highest BCUT2D eigenvalue weighted by atomic mass is 19.4. The van der Waals surface area contributed by atoms with E-state index in [4.69, 9.17) is 4.74 Å². The molecule has 1 saturated heterocycles. The maximum atomic E-state index is 13.6. The lowest BCUT2D eigenvalue weighted by Gasteiger charge is -2.30. The van der Waals surface area contributed by atoms with Crippen LogP contribution in [0.25, 0.3) is 0 Å². The molecule has 8 heteroatoms. The molecular weight excluding hydrogens is 445 g/mol. The first-order valence-corrected chi connectivity index (χ1v) is 11.4. The molecule has 5 nitrogen and oxygen atoms in total. The number of ether oxygens (including phenoxy) is 1. The molecule has 2 atom stereocenters. The van der Waals surface area contributed by atoms with Crippen LogP contribution in [0, 0.1) is 25.2 Å². The van der Waals surface area contributed by atoms with E-state index in [9.17, 15) is 22.8 Å². The molecule has 2 amide bonds. The molecule has 1 aliphatic rings. The van der Waals surface area contributed by atoms with Crippen molar-refractivity contribution in [2.24, 2.45) is 11.3 Å². The summed E-state index contributed by atoms with van der Waals surface area (Å²) in [5, 5.41) is 2.66. The van der Waals surface area contributed by atoms with Crippen molar-refractivity contribution in [2.75, 3.05) is 16.8 Å². The van der Waals surface area contributed by atoms with Crippen LogP contribution >= 0.6 is 0 Å². The van der Waals surface area contributed by atoms with Gasteiger partial charge >= 0.3 is 6.18 Å². The molecule has 184 valence electrons. The molecule has 0 saturated carbocycles. The molecule has 34 heavy (non-hydrogen) atoms. The fourth-order valence-electron chi connectivity index (χ4n) is 4.67. The summed E-state index contributed by atoms with van der Waals surface area (Å²) < 4.78 is 45.9. The van der Waals surface area contributed by atoms with Crippen LogP contribution in [-0.2, 0) is 15.8 Å². The lowest BCUT2D eigenvalue weighted by molar-refractivity contribution is -0.137. The van der Waals surface area contributed by atoms with E-state index in [2.05, 4.69) is 5.32 Å². The smallest absolute Gasteiger partial charge is 0.416 e. The van der Waals surface area contributed by atoms with Crippen LogP contribution in [0.15, 0.2) is 36.4 Å². The van der Waals surface area contributed by atoms with Crippen molar-refractivity contribution in [1.82, 2.24) is 0 Å². The summed E-state index contributed by atoms with van der Waals surface area (Å²) in [6.45, 7) is 10.9. The number of nitrogens with one attached hydrogen (secondary N) is 1. The maximum Gasteiger partial charge on any atom is 0.416 e. The highest BCUT2D eigenvalue weighted by Crippen LogP contribution is 2.44. The third-order valence-electron chi connectivity index (χ3n) is 6.56. The zero-order chi connectivity index (χ0) is 25.4. The molecule has 2 aromatic carbocycles. The Labute approximate surface area is 198 Å². The van der Waals surface area contributed by atoms with Crippen LogP contribution in [0.4, 0.5) is 24.5 Å². The van der Waals surface area contributed by atoms with Gasteiger partial charge < -0.3 is 15.0 Å². The quantitative estimate of drug-likeness (QED) is 0.546. The second-order valence-corrected chi connectivity index (χ2v) is 9.26. The number of rotatable bonds is 6. The molecule has 0 radical (unpaired) electrons. The highest BCUT2D eigenvalue weighted by Gasteiger charge is 2.54. The molecule has 1 heterocycles. The molecule has 0 unspecified atom stereocenters. The van der Waals surface area contributed by atoms with E-state index in [1.54, 1.807) is 25.7 Å². The molecule has 2 aromatic rings. The Kier molecular flexibility index (Phi) is 7.01. The highest BCUT2D eigenvalue weighted by molar-refractivity contribution is 6.07. The van der Waals surface area contributed by atoms with Gasteiger partial charge in [-0.25, -0.2) is 0 Å². The molecule has 1 N–H and O–H groups in total. The minimum absolute atomic E-state index is 0.0124. The van der Waals surface area contributed by atoms with Crippen molar-refractivity contribution in [3.05, 3.63) is 53.1 Å². The predicted molar refractivity (Wildman–Crippen MR) is 126 cm³/mol. The molecule has 0 aromatic heterocycles. The van der Waals surface area contributed by atoms with Gasteiger partial charge in [0, 0.05) is 24.0 Å². The van der Waals surface area contributed by atoms with Gasteiger partial charge in [-0.2, -0.15) is 13.2 Å². The van der Waals surface area contributed by atoms with Gasteiger partial charge in [-0.3, -0.25) is 9.59 Å². The van der Waals surface area contributed by atoms with Crippen molar-refractivity contribution in [3.8, 4) is 5.75 Å². The topological polar surface area (TPSA) is 58.6 Å². The standard InChI is InChI=1S/C26H31F3N2O3/c1-7-25(14-31(23(32)18(25)6)22-16(4)9-8-10-17(22)5)24(33)30-20-11-19(26(27,28)29)12-21(13-20)34-15(2)3/h8-13,15,18H,7,14H2,1-6H3,(H,30,33)/t18-,25-/m1/s1. The lowest BCUT2D eigenvalue weighted by Crippen LogP contribution is -2.42. The van der Waals surface area contributed by atoms with Crippen LogP contribution in [0.3, 0.4) is 0 Å². The summed E-state index contributed by atoms with van der Waals surface area (Å²) in [6.07, 6.45) is -4.59. The van der Waals surface area contributed by atoms with E-state index in [1.165, 1.54) is 6.07 Å². The lowest BCUT2D eigenvalue weighted by atomic mass is 9.75.